The second kappa shape index (κ2) is 7.95. The van der Waals surface area contributed by atoms with Gasteiger partial charge in [0.15, 0.2) is 11.6 Å². The summed E-state index contributed by atoms with van der Waals surface area (Å²) < 4.78 is 45.5. The summed E-state index contributed by atoms with van der Waals surface area (Å²) in [6.07, 6.45) is -2.83. The van der Waals surface area contributed by atoms with Crippen LogP contribution in [0.15, 0.2) is 42.6 Å². The number of carbonyl (C=O) groups is 1. The molecule has 3 aliphatic rings. The summed E-state index contributed by atoms with van der Waals surface area (Å²) in [6.45, 7) is 3.51. The summed E-state index contributed by atoms with van der Waals surface area (Å²) >= 11 is 6.23. The molecule has 1 saturated heterocycles. The molecule has 1 aromatic carbocycles. The number of hydrogen-bond donors (Lipinski definition) is 0. The first-order valence-corrected chi connectivity index (χ1v) is 11.7. The van der Waals surface area contributed by atoms with Crippen LogP contribution in [0.4, 0.5) is 29.6 Å². The van der Waals surface area contributed by atoms with E-state index in [0.717, 1.165) is 11.6 Å². The molecular formula is C24H20ClF3N6O2. The van der Waals surface area contributed by atoms with Gasteiger partial charge in [0.25, 0.3) is 0 Å². The van der Waals surface area contributed by atoms with E-state index in [1.165, 1.54) is 12.1 Å². The van der Waals surface area contributed by atoms with E-state index in [-0.39, 0.29) is 24.4 Å². The van der Waals surface area contributed by atoms with Crippen molar-refractivity contribution >= 4 is 29.3 Å². The van der Waals surface area contributed by atoms with E-state index in [0.29, 0.717) is 48.3 Å². The van der Waals surface area contributed by atoms with Crippen molar-refractivity contribution in [1.29, 1.82) is 0 Å². The van der Waals surface area contributed by atoms with Gasteiger partial charge in [0.1, 0.15) is 12.4 Å². The van der Waals surface area contributed by atoms with Gasteiger partial charge in [-0.3, -0.25) is 4.90 Å². The average molecular weight is 517 g/mol. The van der Waals surface area contributed by atoms with E-state index in [4.69, 9.17) is 16.3 Å². The van der Waals surface area contributed by atoms with Gasteiger partial charge in [-0.1, -0.05) is 12.1 Å². The second-order valence-electron chi connectivity index (χ2n) is 9.14. The van der Waals surface area contributed by atoms with E-state index >= 15 is 0 Å². The lowest BCUT2D eigenvalue weighted by molar-refractivity contribution is -0.137. The number of anilines is 2. The van der Waals surface area contributed by atoms with Gasteiger partial charge in [-0.25, -0.2) is 19.7 Å². The van der Waals surface area contributed by atoms with E-state index in [1.54, 1.807) is 34.2 Å². The Morgan fingerprint density at radius 2 is 1.97 bits per heavy atom. The van der Waals surface area contributed by atoms with Crippen molar-refractivity contribution in [3.8, 4) is 5.75 Å². The molecule has 0 radical (unpaired) electrons. The monoisotopic (exact) mass is 516 g/mol. The third-order valence-corrected chi connectivity index (χ3v) is 7.01. The van der Waals surface area contributed by atoms with Crippen LogP contribution < -0.4 is 14.5 Å². The maximum absolute atomic E-state index is 13.4. The van der Waals surface area contributed by atoms with Crippen molar-refractivity contribution in [1.82, 2.24) is 19.9 Å². The minimum atomic E-state index is -4.43. The summed E-state index contributed by atoms with van der Waals surface area (Å²) in [5, 5.41) is 0.0229. The number of halogens is 4. The lowest BCUT2D eigenvalue weighted by Gasteiger charge is -2.31. The van der Waals surface area contributed by atoms with E-state index in [9.17, 15) is 18.0 Å². The minimum Gasteiger partial charge on any atom is -0.488 e. The van der Waals surface area contributed by atoms with Crippen molar-refractivity contribution < 1.29 is 22.7 Å². The highest BCUT2D eigenvalue weighted by molar-refractivity contribution is 6.28. The smallest absolute Gasteiger partial charge is 0.416 e. The number of nitrogens with zero attached hydrogens (tertiary/aromatic N) is 6. The molecule has 6 rings (SSSR count). The number of urea groups is 1. The molecule has 5 heterocycles. The standard InChI is InChI=1S/C24H20ClF3N6O2/c1-23(14-4-2-5-15(10-14)24(26,27)28)13-34(23)19-16-11-32(12-17(16)30-21(25)31-19)22(35)33-8-9-36-18-6-3-7-29-20(18)33/h2-7,10H,8-9,11-13H2,1H3/t23-,34?/m1/s1. The number of carbonyl (C=O) groups excluding carboxylic acids is 1. The molecule has 0 unspecified atom stereocenters. The van der Waals surface area contributed by atoms with Crippen LogP contribution in [0.5, 0.6) is 5.75 Å². The van der Waals surface area contributed by atoms with Gasteiger partial charge in [-0.05, 0) is 48.4 Å². The topological polar surface area (TPSA) is 74.5 Å². The highest BCUT2D eigenvalue weighted by Gasteiger charge is 2.52. The Hall–Kier alpha value is -3.60. The highest BCUT2D eigenvalue weighted by atomic mass is 35.5. The predicted octanol–water partition coefficient (Wildman–Crippen LogP) is 4.61. The summed E-state index contributed by atoms with van der Waals surface area (Å²) in [6, 6.07) is 8.57. The number of amides is 2. The summed E-state index contributed by atoms with van der Waals surface area (Å²) in [5.41, 5.74) is 0.499. The first-order chi connectivity index (χ1) is 17.1. The molecular weight excluding hydrogens is 497 g/mol. The van der Waals surface area contributed by atoms with Crippen LogP contribution >= 0.6 is 11.6 Å². The number of ether oxygens (including phenoxy) is 1. The van der Waals surface area contributed by atoms with Gasteiger partial charge in [0, 0.05) is 18.3 Å². The molecule has 0 spiro atoms. The minimum absolute atomic E-state index is 0.0229. The van der Waals surface area contributed by atoms with Crippen LogP contribution in [0.3, 0.4) is 0 Å². The molecule has 0 aliphatic carbocycles. The highest BCUT2D eigenvalue weighted by Crippen LogP contribution is 2.49. The number of pyridine rings is 1. The second-order valence-corrected chi connectivity index (χ2v) is 9.48. The lowest BCUT2D eigenvalue weighted by Crippen LogP contribution is -2.45. The van der Waals surface area contributed by atoms with Gasteiger partial charge in [0.05, 0.1) is 36.4 Å². The zero-order chi connectivity index (χ0) is 25.2. The van der Waals surface area contributed by atoms with E-state index < -0.39 is 17.3 Å². The van der Waals surface area contributed by atoms with Crippen molar-refractivity contribution in [2.24, 2.45) is 0 Å². The maximum Gasteiger partial charge on any atom is 0.416 e. The number of rotatable bonds is 2. The number of fused-ring (bicyclic) bond motifs is 2. The van der Waals surface area contributed by atoms with Gasteiger partial charge >= 0.3 is 12.2 Å². The third kappa shape index (κ3) is 3.69. The van der Waals surface area contributed by atoms with Gasteiger partial charge < -0.3 is 14.5 Å². The third-order valence-electron chi connectivity index (χ3n) is 6.84. The van der Waals surface area contributed by atoms with Crippen LogP contribution in [0.1, 0.15) is 29.3 Å². The van der Waals surface area contributed by atoms with Crippen molar-refractivity contribution in [2.75, 3.05) is 29.5 Å². The predicted molar refractivity (Wildman–Crippen MR) is 125 cm³/mol. The van der Waals surface area contributed by atoms with Crippen LogP contribution in [0, 0.1) is 0 Å². The van der Waals surface area contributed by atoms with Gasteiger partial charge in [0.2, 0.25) is 5.28 Å². The fraction of sp³-hybridized carbons (Fsp3) is 0.333. The molecule has 8 nitrogen and oxygen atoms in total. The number of aromatic nitrogens is 3. The first-order valence-electron chi connectivity index (χ1n) is 11.3. The summed E-state index contributed by atoms with van der Waals surface area (Å²) in [7, 11) is 0. The molecule has 0 bridgehead atoms. The van der Waals surface area contributed by atoms with Crippen LogP contribution in [0.25, 0.3) is 0 Å². The zero-order valence-corrected chi connectivity index (χ0v) is 19.8. The van der Waals surface area contributed by atoms with E-state index in [2.05, 4.69) is 15.0 Å². The Labute approximate surface area is 209 Å². The van der Waals surface area contributed by atoms with Crippen molar-refractivity contribution in [3.63, 3.8) is 0 Å². The Morgan fingerprint density at radius 1 is 1.14 bits per heavy atom. The molecule has 12 heteroatoms. The SMILES string of the molecule is C[C@]1(c2cccc(C(F)(F)F)c2)CN1c1nc(Cl)nc2c1CN(C(=O)N1CCOc3cccnc31)C2. The van der Waals surface area contributed by atoms with Crippen LogP contribution in [0.2, 0.25) is 5.28 Å². The molecule has 0 N–H and O–H groups in total. The molecule has 36 heavy (non-hydrogen) atoms. The number of benzene rings is 1. The molecule has 0 saturated carbocycles. The Balaban J connectivity index is 1.28. The maximum atomic E-state index is 13.4. The fourth-order valence-corrected chi connectivity index (χ4v) is 5.01. The molecule has 1 fully saturated rings. The quantitative estimate of drug-likeness (QED) is 0.366. The Morgan fingerprint density at radius 3 is 2.78 bits per heavy atom. The largest absolute Gasteiger partial charge is 0.488 e. The lowest BCUT2D eigenvalue weighted by atomic mass is 9.98. The zero-order valence-electron chi connectivity index (χ0n) is 19.1. The van der Waals surface area contributed by atoms with Crippen LogP contribution in [-0.2, 0) is 24.8 Å². The van der Waals surface area contributed by atoms with Crippen molar-refractivity contribution in [2.45, 2.75) is 31.7 Å². The number of hydrogen-bond acceptors (Lipinski definition) is 6. The van der Waals surface area contributed by atoms with E-state index in [1.807, 2.05) is 11.8 Å². The Kier molecular flexibility index (Phi) is 5.05. The molecule has 1 atom stereocenters. The average Bonchev–Trinajstić information content (AvgIpc) is 3.37. The summed E-state index contributed by atoms with van der Waals surface area (Å²) in [5.74, 6) is 1.52. The van der Waals surface area contributed by atoms with Crippen LogP contribution in [-0.4, -0.2) is 45.6 Å². The van der Waals surface area contributed by atoms with Crippen molar-refractivity contribution in [3.05, 3.63) is 70.3 Å². The Bertz CT molecular complexity index is 1390. The first kappa shape index (κ1) is 22.8. The summed E-state index contributed by atoms with van der Waals surface area (Å²) in [4.78, 5) is 31.6. The molecule has 3 aromatic rings. The molecule has 2 amide bonds. The van der Waals surface area contributed by atoms with Gasteiger partial charge in [-0.2, -0.15) is 13.2 Å². The fourth-order valence-electron chi connectivity index (χ4n) is 4.83. The number of alkyl halides is 3. The molecule has 2 aromatic heterocycles. The normalized spacial score (nSPS) is 20.6. The molecule has 186 valence electrons. The van der Waals surface area contributed by atoms with Gasteiger partial charge in [-0.15, -0.1) is 0 Å². The molecule has 3 aliphatic heterocycles.